The second-order valence-corrected chi connectivity index (χ2v) is 5.74. The van der Waals surface area contributed by atoms with Crippen molar-refractivity contribution in [2.75, 3.05) is 0 Å². The number of fused-ring (bicyclic) bond motifs is 3. The minimum absolute atomic E-state index is 0.205. The lowest BCUT2D eigenvalue weighted by Gasteiger charge is -2.13. The normalized spacial score (nSPS) is 11.6. The number of hydrogen-bond donors (Lipinski definition) is 0. The summed E-state index contributed by atoms with van der Waals surface area (Å²) in [6.07, 6.45) is 0.735. The number of rotatable bonds is 2. The van der Waals surface area contributed by atoms with Gasteiger partial charge in [-0.15, -0.1) is 0 Å². The summed E-state index contributed by atoms with van der Waals surface area (Å²) >= 11 is 0. The van der Waals surface area contributed by atoms with Gasteiger partial charge < -0.3 is 4.57 Å². The molecule has 4 rings (SSSR count). The van der Waals surface area contributed by atoms with Crippen LogP contribution < -0.4 is 5.56 Å². The smallest absolute Gasteiger partial charge is 0.269 e. The second-order valence-electron chi connectivity index (χ2n) is 5.74. The van der Waals surface area contributed by atoms with Gasteiger partial charge in [0, 0.05) is 17.7 Å². The van der Waals surface area contributed by atoms with Crippen LogP contribution in [0, 0.1) is 11.3 Å². The maximum atomic E-state index is 12.7. The Morgan fingerprint density at radius 1 is 1.00 bits per heavy atom. The molecule has 1 aliphatic rings. The van der Waals surface area contributed by atoms with Crippen LogP contribution in [0.1, 0.15) is 22.4 Å². The van der Waals surface area contributed by atoms with Crippen LogP contribution in [-0.4, -0.2) is 4.57 Å². The number of benzene rings is 2. The van der Waals surface area contributed by atoms with Crippen LogP contribution >= 0.6 is 0 Å². The largest absolute Gasteiger partial charge is 0.306 e. The molecule has 3 nitrogen and oxygen atoms in total. The minimum Gasteiger partial charge on any atom is -0.306 e. The summed E-state index contributed by atoms with van der Waals surface area (Å²) in [7, 11) is 0. The van der Waals surface area contributed by atoms with Gasteiger partial charge in [0.1, 0.15) is 11.6 Å². The fourth-order valence-electron chi connectivity index (χ4n) is 3.26. The molecule has 23 heavy (non-hydrogen) atoms. The first-order valence-corrected chi connectivity index (χ1v) is 7.57. The first-order chi connectivity index (χ1) is 11.3. The molecular formula is C20H14N2O. The van der Waals surface area contributed by atoms with Gasteiger partial charge in [0.15, 0.2) is 0 Å². The van der Waals surface area contributed by atoms with Gasteiger partial charge >= 0.3 is 0 Å². The van der Waals surface area contributed by atoms with E-state index in [9.17, 15) is 10.1 Å². The van der Waals surface area contributed by atoms with Gasteiger partial charge in [0.2, 0.25) is 0 Å². The van der Waals surface area contributed by atoms with Gasteiger partial charge in [-0.3, -0.25) is 4.79 Å². The molecule has 0 saturated carbocycles. The van der Waals surface area contributed by atoms with E-state index in [1.54, 1.807) is 10.6 Å². The highest BCUT2D eigenvalue weighted by molar-refractivity contribution is 5.76. The Bertz CT molecular complexity index is 994. The first kappa shape index (κ1) is 13.5. The number of aromatic nitrogens is 1. The molecule has 1 heterocycles. The predicted octanol–water partition coefficient (Wildman–Crippen LogP) is 3.34. The molecule has 0 saturated heterocycles. The van der Waals surface area contributed by atoms with Crippen molar-refractivity contribution in [3.05, 3.63) is 93.4 Å². The summed E-state index contributed by atoms with van der Waals surface area (Å²) in [6.45, 7) is 0.492. The van der Waals surface area contributed by atoms with Gasteiger partial charge in [0.05, 0.1) is 6.54 Å². The molecule has 3 heteroatoms. The summed E-state index contributed by atoms with van der Waals surface area (Å²) < 4.78 is 1.75. The Hall–Kier alpha value is -3.12. The fourth-order valence-corrected chi connectivity index (χ4v) is 3.26. The average Bonchev–Trinajstić information content (AvgIpc) is 2.96. The SMILES string of the molecule is N#Cc1cc2c(n(Cc3ccccc3)c1=O)Cc1ccccc1-2. The lowest BCUT2D eigenvalue weighted by Crippen LogP contribution is -2.26. The number of hydrogen-bond acceptors (Lipinski definition) is 2. The molecule has 0 radical (unpaired) electrons. The van der Waals surface area contributed by atoms with Gasteiger partial charge in [-0.2, -0.15) is 5.26 Å². The monoisotopic (exact) mass is 298 g/mol. The second kappa shape index (κ2) is 5.26. The van der Waals surface area contributed by atoms with Crippen molar-refractivity contribution in [1.29, 1.82) is 5.26 Å². The van der Waals surface area contributed by atoms with E-state index in [0.717, 1.165) is 28.8 Å². The summed E-state index contributed by atoms with van der Waals surface area (Å²) in [6, 6.07) is 21.8. The molecule has 0 spiro atoms. The molecule has 0 N–H and O–H groups in total. The third-order valence-corrected chi connectivity index (χ3v) is 4.37. The molecule has 0 atom stereocenters. The van der Waals surface area contributed by atoms with E-state index in [4.69, 9.17) is 0 Å². The molecule has 1 aromatic heterocycles. The van der Waals surface area contributed by atoms with Crippen LogP contribution in [0.5, 0.6) is 0 Å². The lowest BCUT2D eigenvalue weighted by atomic mass is 10.1. The van der Waals surface area contributed by atoms with E-state index in [1.165, 1.54) is 5.56 Å². The summed E-state index contributed by atoms with van der Waals surface area (Å²) in [5, 5.41) is 9.32. The van der Waals surface area contributed by atoms with E-state index in [2.05, 4.69) is 12.1 Å². The molecule has 0 fully saturated rings. The standard InChI is InChI=1S/C20H14N2O/c21-12-16-10-18-17-9-5-4-8-15(17)11-19(18)22(20(16)23)13-14-6-2-1-3-7-14/h1-10H,11,13H2. The number of nitrogens with zero attached hydrogens (tertiary/aromatic N) is 2. The van der Waals surface area contributed by atoms with E-state index < -0.39 is 0 Å². The molecule has 0 unspecified atom stereocenters. The zero-order valence-corrected chi connectivity index (χ0v) is 12.5. The van der Waals surface area contributed by atoms with Crippen molar-refractivity contribution in [1.82, 2.24) is 4.57 Å². The zero-order valence-electron chi connectivity index (χ0n) is 12.5. The van der Waals surface area contributed by atoms with Gasteiger partial charge in [-0.1, -0.05) is 54.6 Å². The quantitative estimate of drug-likeness (QED) is 0.570. The molecule has 2 aromatic carbocycles. The maximum absolute atomic E-state index is 12.7. The van der Waals surface area contributed by atoms with E-state index in [0.29, 0.717) is 6.54 Å². The van der Waals surface area contributed by atoms with Crippen molar-refractivity contribution in [3.63, 3.8) is 0 Å². The number of pyridine rings is 1. The third kappa shape index (κ3) is 2.16. The van der Waals surface area contributed by atoms with Crippen LogP contribution in [0.15, 0.2) is 65.5 Å². The van der Waals surface area contributed by atoms with E-state index in [-0.39, 0.29) is 11.1 Å². The fraction of sp³-hybridized carbons (Fsp3) is 0.100. The van der Waals surface area contributed by atoms with E-state index in [1.807, 2.05) is 48.5 Å². The topological polar surface area (TPSA) is 45.8 Å². The summed E-state index contributed by atoms with van der Waals surface area (Å²) in [4.78, 5) is 12.7. The third-order valence-electron chi connectivity index (χ3n) is 4.37. The van der Waals surface area contributed by atoms with E-state index >= 15 is 0 Å². The average molecular weight is 298 g/mol. The van der Waals surface area contributed by atoms with Crippen LogP contribution in [-0.2, 0) is 13.0 Å². The molecule has 0 amide bonds. The molecule has 3 aromatic rings. The summed E-state index contributed by atoms with van der Waals surface area (Å²) in [5.74, 6) is 0. The Kier molecular flexibility index (Phi) is 3.09. The van der Waals surface area contributed by atoms with Crippen LogP contribution in [0.4, 0.5) is 0 Å². The molecule has 1 aliphatic carbocycles. The zero-order chi connectivity index (χ0) is 15.8. The summed E-state index contributed by atoms with van der Waals surface area (Å²) in [5.41, 5.74) is 5.40. The Balaban J connectivity index is 1.94. The molecule has 0 aliphatic heterocycles. The van der Waals surface area contributed by atoms with Gasteiger partial charge in [-0.05, 0) is 22.8 Å². The maximum Gasteiger partial charge on any atom is 0.269 e. The lowest BCUT2D eigenvalue weighted by molar-refractivity contribution is 0.719. The van der Waals surface area contributed by atoms with Crippen molar-refractivity contribution >= 4 is 0 Å². The van der Waals surface area contributed by atoms with Gasteiger partial charge in [0.25, 0.3) is 5.56 Å². The highest BCUT2D eigenvalue weighted by Gasteiger charge is 2.23. The highest BCUT2D eigenvalue weighted by atomic mass is 16.1. The van der Waals surface area contributed by atoms with Crippen molar-refractivity contribution < 1.29 is 0 Å². The number of nitriles is 1. The van der Waals surface area contributed by atoms with Crippen LogP contribution in [0.25, 0.3) is 11.1 Å². The van der Waals surface area contributed by atoms with Crippen molar-refractivity contribution in [2.45, 2.75) is 13.0 Å². The Labute approximate surface area is 134 Å². The molecule has 110 valence electrons. The molecule has 0 bridgehead atoms. The van der Waals surface area contributed by atoms with Crippen LogP contribution in [0.2, 0.25) is 0 Å². The van der Waals surface area contributed by atoms with Crippen LogP contribution in [0.3, 0.4) is 0 Å². The predicted molar refractivity (Wildman–Crippen MR) is 89.2 cm³/mol. The molecular weight excluding hydrogens is 284 g/mol. The highest BCUT2D eigenvalue weighted by Crippen LogP contribution is 2.36. The first-order valence-electron chi connectivity index (χ1n) is 7.57. The van der Waals surface area contributed by atoms with Gasteiger partial charge in [-0.25, -0.2) is 0 Å². The van der Waals surface area contributed by atoms with Crippen molar-refractivity contribution in [2.24, 2.45) is 0 Å². The van der Waals surface area contributed by atoms with Crippen molar-refractivity contribution in [3.8, 4) is 17.2 Å². The Morgan fingerprint density at radius 3 is 2.52 bits per heavy atom. The minimum atomic E-state index is -0.206. The Morgan fingerprint density at radius 2 is 1.74 bits per heavy atom.